The number of sulfonamides is 1. The Morgan fingerprint density at radius 2 is 1.89 bits per heavy atom. The monoisotopic (exact) mass is 401 g/mol. The van der Waals surface area contributed by atoms with Crippen LogP contribution < -0.4 is 16.2 Å². The van der Waals surface area contributed by atoms with E-state index in [2.05, 4.69) is 10.5 Å². The maximum atomic E-state index is 11.8. The summed E-state index contributed by atoms with van der Waals surface area (Å²) in [5.74, 6) is -0.519. The number of hydrogen-bond acceptors (Lipinski definition) is 5. The molecule has 0 fully saturated rings. The van der Waals surface area contributed by atoms with Gasteiger partial charge in [0.1, 0.15) is 11.8 Å². The smallest absolute Gasteiger partial charge is 0.408 e. The van der Waals surface area contributed by atoms with Crippen molar-refractivity contribution in [3.63, 3.8) is 0 Å². The number of benzene rings is 2. The molecule has 3 rings (SSSR count). The molecule has 3 aromatic rings. The van der Waals surface area contributed by atoms with Crippen molar-refractivity contribution in [3.05, 3.63) is 58.6 Å². The first-order chi connectivity index (χ1) is 13.3. The van der Waals surface area contributed by atoms with Crippen molar-refractivity contribution >= 4 is 21.1 Å². The van der Waals surface area contributed by atoms with Crippen LogP contribution in [0.25, 0.3) is 22.2 Å². The van der Waals surface area contributed by atoms with Gasteiger partial charge in [-0.25, -0.2) is 13.2 Å². The van der Waals surface area contributed by atoms with Crippen molar-refractivity contribution in [3.8, 4) is 17.2 Å². The number of nitrogens with zero attached hydrogens (tertiary/aromatic N) is 2. The fourth-order valence-corrected chi connectivity index (χ4v) is 4.02. The average Bonchev–Trinajstić information content (AvgIpc) is 2.95. The average molecular weight is 401 g/mol. The van der Waals surface area contributed by atoms with Crippen molar-refractivity contribution in [2.45, 2.75) is 12.5 Å². The largest absolute Gasteiger partial charge is 0.419 e. The van der Waals surface area contributed by atoms with Gasteiger partial charge in [-0.1, -0.05) is 30.3 Å². The minimum absolute atomic E-state index is 0.108. The summed E-state index contributed by atoms with van der Waals surface area (Å²) in [5.41, 5.74) is 7.45. The van der Waals surface area contributed by atoms with E-state index in [4.69, 9.17) is 4.42 Å². The topological polar surface area (TPSA) is 133 Å². The highest BCUT2D eigenvalue weighted by atomic mass is 32.2. The molecule has 0 amide bonds. The number of nitrogens with one attached hydrogen (secondary N) is 1. The molecule has 0 aliphatic carbocycles. The number of rotatable bonds is 7. The number of nitriles is 1. The van der Waals surface area contributed by atoms with Gasteiger partial charge in [-0.3, -0.25) is 4.57 Å². The zero-order valence-corrected chi connectivity index (χ0v) is 16.2. The summed E-state index contributed by atoms with van der Waals surface area (Å²) in [6.45, 7) is 0.245. The number of quaternary nitrogens is 1. The molecule has 28 heavy (non-hydrogen) atoms. The molecule has 9 heteroatoms. The minimum Gasteiger partial charge on any atom is -0.408 e. The van der Waals surface area contributed by atoms with Crippen LogP contribution in [0.5, 0.6) is 0 Å². The number of aryl methyl sites for hydroxylation is 1. The summed E-state index contributed by atoms with van der Waals surface area (Å²) >= 11 is 0. The van der Waals surface area contributed by atoms with E-state index < -0.39 is 21.8 Å². The maximum Gasteiger partial charge on any atom is 0.419 e. The molecule has 0 saturated heterocycles. The third kappa shape index (κ3) is 4.31. The van der Waals surface area contributed by atoms with E-state index in [-0.39, 0.29) is 18.7 Å². The Hall–Kier alpha value is -2.93. The number of fused-ring (bicyclic) bond motifs is 1. The Kier molecular flexibility index (Phi) is 5.65. The van der Waals surface area contributed by atoms with Crippen molar-refractivity contribution in [1.82, 2.24) is 9.29 Å². The summed E-state index contributed by atoms with van der Waals surface area (Å²) < 4.78 is 32.6. The molecular weight excluding hydrogens is 380 g/mol. The fraction of sp³-hybridized carbons (Fsp3) is 0.263. The molecule has 0 bridgehead atoms. The first-order valence-corrected chi connectivity index (χ1v) is 10.4. The normalized spacial score (nSPS) is 12.8. The molecule has 1 unspecified atom stereocenters. The van der Waals surface area contributed by atoms with Gasteiger partial charge in [0.15, 0.2) is 5.58 Å². The van der Waals surface area contributed by atoms with Crippen molar-refractivity contribution < 1.29 is 18.6 Å². The molecule has 1 aromatic heterocycles. The SMILES string of the molecule is Cn1c(=O)oc2ccc(-c3ccc(CC(C#N)NS(=O)(=O)CC[NH3+])cc3)cc21. The maximum absolute atomic E-state index is 11.8. The summed E-state index contributed by atoms with van der Waals surface area (Å²) in [4.78, 5) is 11.6. The number of oxazole rings is 1. The minimum atomic E-state index is -3.51. The summed E-state index contributed by atoms with van der Waals surface area (Å²) in [7, 11) is -1.86. The quantitative estimate of drug-likeness (QED) is 0.591. The summed E-state index contributed by atoms with van der Waals surface area (Å²) in [5, 5.41) is 9.25. The molecule has 0 saturated carbocycles. The zero-order valence-electron chi connectivity index (χ0n) is 15.4. The van der Waals surface area contributed by atoms with E-state index in [9.17, 15) is 18.5 Å². The van der Waals surface area contributed by atoms with E-state index >= 15 is 0 Å². The molecule has 0 aliphatic rings. The van der Waals surface area contributed by atoms with Crippen LogP contribution in [0.3, 0.4) is 0 Å². The summed E-state index contributed by atoms with van der Waals surface area (Å²) in [6, 6.07) is 14.2. The van der Waals surface area contributed by atoms with Crippen LogP contribution in [0, 0.1) is 11.3 Å². The van der Waals surface area contributed by atoms with E-state index in [1.165, 1.54) is 4.57 Å². The number of aromatic nitrogens is 1. The summed E-state index contributed by atoms with van der Waals surface area (Å²) in [6.07, 6.45) is 0.266. The van der Waals surface area contributed by atoms with E-state index in [0.29, 0.717) is 11.1 Å². The Bertz CT molecular complexity index is 1190. The van der Waals surface area contributed by atoms with Crippen molar-refractivity contribution in [2.24, 2.45) is 7.05 Å². The highest BCUT2D eigenvalue weighted by molar-refractivity contribution is 7.89. The fourth-order valence-electron chi connectivity index (χ4n) is 2.95. The molecule has 146 valence electrons. The molecule has 0 radical (unpaired) electrons. The zero-order chi connectivity index (χ0) is 20.3. The second-order valence-corrected chi connectivity index (χ2v) is 8.36. The van der Waals surface area contributed by atoms with Crippen LogP contribution in [-0.2, 0) is 23.5 Å². The lowest BCUT2D eigenvalue weighted by Crippen LogP contribution is -2.54. The van der Waals surface area contributed by atoms with Crippen LogP contribution in [0.4, 0.5) is 0 Å². The van der Waals surface area contributed by atoms with Crippen LogP contribution in [0.15, 0.2) is 51.7 Å². The predicted octanol–water partition coefficient (Wildman–Crippen LogP) is 0.394. The van der Waals surface area contributed by atoms with Gasteiger partial charge in [0.2, 0.25) is 10.0 Å². The van der Waals surface area contributed by atoms with Crippen LogP contribution in [-0.4, -0.2) is 31.3 Å². The second-order valence-electron chi connectivity index (χ2n) is 6.48. The van der Waals surface area contributed by atoms with Crippen molar-refractivity contribution in [2.75, 3.05) is 12.3 Å². The van der Waals surface area contributed by atoms with Gasteiger partial charge in [-0.2, -0.15) is 9.98 Å². The van der Waals surface area contributed by atoms with Crippen LogP contribution in [0.1, 0.15) is 5.56 Å². The van der Waals surface area contributed by atoms with E-state index in [1.807, 2.05) is 42.5 Å². The molecule has 1 heterocycles. The lowest BCUT2D eigenvalue weighted by Gasteiger charge is -2.12. The standard InChI is InChI=1S/C19H20N4O4S/c1-23-17-11-15(6-7-18(17)27-19(23)24)14-4-2-13(3-5-14)10-16(12-21)22-28(25,26)9-8-20/h2-7,11,16,22H,8-10,20H2,1H3/p+1. The first-order valence-electron chi connectivity index (χ1n) is 8.71. The van der Waals surface area contributed by atoms with Gasteiger partial charge < -0.3 is 10.2 Å². The van der Waals surface area contributed by atoms with Gasteiger partial charge in [-0.15, -0.1) is 0 Å². The molecule has 0 spiro atoms. The lowest BCUT2D eigenvalue weighted by atomic mass is 10.0. The Balaban J connectivity index is 1.79. The van der Waals surface area contributed by atoms with Gasteiger partial charge in [0.25, 0.3) is 0 Å². The van der Waals surface area contributed by atoms with Gasteiger partial charge in [-0.05, 0) is 28.8 Å². The Morgan fingerprint density at radius 3 is 2.54 bits per heavy atom. The van der Waals surface area contributed by atoms with Crippen molar-refractivity contribution in [1.29, 1.82) is 5.26 Å². The third-order valence-corrected chi connectivity index (χ3v) is 5.88. The van der Waals surface area contributed by atoms with Crippen LogP contribution in [0.2, 0.25) is 0 Å². The Morgan fingerprint density at radius 1 is 1.21 bits per heavy atom. The lowest BCUT2D eigenvalue weighted by molar-refractivity contribution is -0.360. The Labute approximate surface area is 162 Å². The molecule has 4 N–H and O–H groups in total. The number of hydrogen-bond donors (Lipinski definition) is 2. The highest BCUT2D eigenvalue weighted by Gasteiger charge is 2.18. The molecular formula is C19H21N4O4S+. The van der Waals surface area contributed by atoms with Gasteiger partial charge >= 0.3 is 5.76 Å². The second kappa shape index (κ2) is 7.98. The van der Waals surface area contributed by atoms with E-state index in [0.717, 1.165) is 16.7 Å². The van der Waals surface area contributed by atoms with Gasteiger partial charge in [0, 0.05) is 13.5 Å². The highest BCUT2D eigenvalue weighted by Crippen LogP contribution is 2.24. The van der Waals surface area contributed by atoms with Crippen LogP contribution >= 0.6 is 0 Å². The predicted molar refractivity (Wildman–Crippen MR) is 105 cm³/mol. The first kappa shape index (κ1) is 19.8. The molecule has 8 nitrogen and oxygen atoms in total. The molecule has 0 aliphatic heterocycles. The van der Waals surface area contributed by atoms with Gasteiger partial charge in [0.05, 0.1) is 18.1 Å². The van der Waals surface area contributed by atoms with E-state index in [1.54, 1.807) is 13.1 Å². The molecule has 1 atom stereocenters. The molecule has 2 aromatic carbocycles. The third-order valence-electron chi connectivity index (χ3n) is 4.41.